The van der Waals surface area contributed by atoms with Crippen molar-refractivity contribution in [1.82, 2.24) is 14.6 Å². The van der Waals surface area contributed by atoms with Crippen LogP contribution < -0.4 is 5.73 Å². The van der Waals surface area contributed by atoms with E-state index in [2.05, 4.69) is 17.0 Å². The molecule has 0 unspecified atom stereocenters. The van der Waals surface area contributed by atoms with Gasteiger partial charge in [0.1, 0.15) is 0 Å². The lowest BCUT2D eigenvalue weighted by atomic mass is 10.3. The Labute approximate surface area is 82.8 Å². The SMILES string of the molecule is CCCc1nc2c(N)cc(C)cn2n1. The average Bonchev–Trinajstić information content (AvgIpc) is 2.48. The van der Waals surface area contributed by atoms with Gasteiger partial charge in [-0.1, -0.05) is 6.92 Å². The number of nitrogen functional groups attached to an aromatic ring is 1. The van der Waals surface area contributed by atoms with E-state index in [4.69, 9.17) is 5.73 Å². The maximum Gasteiger partial charge on any atom is 0.178 e. The van der Waals surface area contributed by atoms with Gasteiger partial charge in [0.25, 0.3) is 0 Å². The average molecular weight is 190 g/mol. The molecule has 4 nitrogen and oxygen atoms in total. The zero-order valence-electron chi connectivity index (χ0n) is 8.49. The molecular weight excluding hydrogens is 176 g/mol. The summed E-state index contributed by atoms with van der Waals surface area (Å²) in [6, 6.07) is 1.92. The second-order valence-corrected chi connectivity index (χ2v) is 3.52. The number of nitrogens with zero attached hydrogens (tertiary/aromatic N) is 3. The predicted octanol–water partition coefficient (Wildman–Crippen LogP) is 1.57. The van der Waals surface area contributed by atoms with E-state index in [1.807, 2.05) is 19.2 Å². The minimum absolute atomic E-state index is 0.694. The van der Waals surface area contributed by atoms with Crippen molar-refractivity contribution < 1.29 is 0 Å². The first kappa shape index (κ1) is 8.99. The molecule has 0 atom stereocenters. The van der Waals surface area contributed by atoms with Gasteiger partial charge in [0.05, 0.1) is 5.69 Å². The summed E-state index contributed by atoms with van der Waals surface area (Å²) in [5.74, 6) is 0.866. The van der Waals surface area contributed by atoms with Gasteiger partial charge in [-0.05, 0) is 25.0 Å². The van der Waals surface area contributed by atoms with Crippen LogP contribution in [0.1, 0.15) is 24.7 Å². The Kier molecular flexibility index (Phi) is 2.11. The first-order valence-corrected chi connectivity index (χ1v) is 4.82. The van der Waals surface area contributed by atoms with Crippen LogP contribution >= 0.6 is 0 Å². The van der Waals surface area contributed by atoms with E-state index in [1.165, 1.54) is 0 Å². The lowest BCUT2D eigenvalue weighted by Crippen LogP contribution is -1.94. The Bertz CT molecular complexity index is 458. The lowest BCUT2D eigenvalue weighted by Gasteiger charge is -1.97. The second-order valence-electron chi connectivity index (χ2n) is 3.52. The number of anilines is 1. The third-order valence-corrected chi connectivity index (χ3v) is 2.12. The van der Waals surface area contributed by atoms with E-state index < -0.39 is 0 Å². The number of fused-ring (bicyclic) bond motifs is 1. The van der Waals surface area contributed by atoms with Crippen LogP contribution in [-0.4, -0.2) is 14.6 Å². The van der Waals surface area contributed by atoms with Gasteiger partial charge < -0.3 is 5.73 Å². The van der Waals surface area contributed by atoms with Crippen molar-refractivity contribution in [2.24, 2.45) is 0 Å². The summed E-state index contributed by atoms with van der Waals surface area (Å²) in [6.07, 6.45) is 3.90. The topological polar surface area (TPSA) is 56.2 Å². The summed E-state index contributed by atoms with van der Waals surface area (Å²) < 4.78 is 1.76. The molecule has 0 aromatic carbocycles. The van der Waals surface area contributed by atoms with Crippen LogP contribution in [0.3, 0.4) is 0 Å². The minimum Gasteiger partial charge on any atom is -0.396 e. The molecule has 2 heterocycles. The number of hydrogen-bond acceptors (Lipinski definition) is 3. The molecule has 2 rings (SSSR count). The zero-order chi connectivity index (χ0) is 10.1. The van der Waals surface area contributed by atoms with Gasteiger partial charge in [-0.2, -0.15) is 5.10 Å². The number of rotatable bonds is 2. The molecule has 2 aromatic heterocycles. The van der Waals surface area contributed by atoms with Crippen molar-refractivity contribution in [2.75, 3.05) is 5.73 Å². The molecule has 0 fully saturated rings. The highest BCUT2D eigenvalue weighted by Crippen LogP contribution is 2.13. The Morgan fingerprint density at radius 2 is 2.29 bits per heavy atom. The Hall–Kier alpha value is -1.58. The standard InChI is InChI=1S/C10H14N4/c1-3-4-9-12-10-8(11)5-7(2)6-14(10)13-9/h5-6H,3-4,11H2,1-2H3. The van der Waals surface area contributed by atoms with Gasteiger partial charge in [-0.25, -0.2) is 9.50 Å². The van der Waals surface area contributed by atoms with Crippen LogP contribution in [0.4, 0.5) is 5.69 Å². The van der Waals surface area contributed by atoms with Gasteiger partial charge in [0, 0.05) is 12.6 Å². The smallest absolute Gasteiger partial charge is 0.178 e. The summed E-state index contributed by atoms with van der Waals surface area (Å²) in [4.78, 5) is 4.37. The van der Waals surface area contributed by atoms with E-state index >= 15 is 0 Å². The molecule has 0 aliphatic heterocycles. The summed E-state index contributed by atoms with van der Waals surface area (Å²) in [7, 11) is 0. The van der Waals surface area contributed by atoms with Gasteiger partial charge >= 0.3 is 0 Å². The van der Waals surface area contributed by atoms with Gasteiger partial charge in [-0.3, -0.25) is 0 Å². The summed E-state index contributed by atoms with van der Waals surface area (Å²) >= 11 is 0. The fourth-order valence-corrected chi connectivity index (χ4v) is 1.52. The molecule has 0 radical (unpaired) electrons. The molecule has 0 saturated heterocycles. The van der Waals surface area contributed by atoms with Crippen LogP contribution in [-0.2, 0) is 6.42 Å². The van der Waals surface area contributed by atoms with E-state index in [-0.39, 0.29) is 0 Å². The molecule has 2 aromatic rings. The number of nitrogens with two attached hydrogens (primary N) is 1. The normalized spacial score (nSPS) is 11.0. The molecular formula is C10H14N4. The molecule has 2 N–H and O–H groups in total. The van der Waals surface area contributed by atoms with E-state index in [0.29, 0.717) is 5.69 Å². The molecule has 74 valence electrons. The van der Waals surface area contributed by atoms with Crippen molar-refractivity contribution in [3.8, 4) is 0 Å². The summed E-state index contributed by atoms with van der Waals surface area (Å²) in [5.41, 5.74) is 8.40. The largest absolute Gasteiger partial charge is 0.396 e. The predicted molar refractivity (Wildman–Crippen MR) is 56.1 cm³/mol. The number of hydrogen-bond donors (Lipinski definition) is 1. The maximum absolute atomic E-state index is 5.84. The molecule has 4 heteroatoms. The highest BCUT2D eigenvalue weighted by atomic mass is 15.3. The van der Waals surface area contributed by atoms with Crippen LogP contribution in [0.2, 0.25) is 0 Å². The van der Waals surface area contributed by atoms with E-state index in [1.54, 1.807) is 4.52 Å². The highest BCUT2D eigenvalue weighted by molar-refractivity contribution is 5.64. The third-order valence-electron chi connectivity index (χ3n) is 2.12. The number of aromatic nitrogens is 3. The Morgan fingerprint density at radius 1 is 1.50 bits per heavy atom. The van der Waals surface area contributed by atoms with Crippen LogP contribution in [0.5, 0.6) is 0 Å². The van der Waals surface area contributed by atoms with Crippen LogP contribution in [0.15, 0.2) is 12.3 Å². The monoisotopic (exact) mass is 190 g/mol. The van der Waals surface area contributed by atoms with Crippen molar-refractivity contribution >= 4 is 11.3 Å². The zero-order valence-corrected chi connectivity index (χ0v) is 8.49. The Balaban J connectivity index is 2.58. The Morgan fingerprint density at radius 3 is 3.00 bits per heavy atom. The molecule has 0 saturated carbocycles. The molecule has 0 bridgehead atoms. The first-order valence-electron chi connectivity index (χ1n) is 4.82. The minimum atomic E-state index is 0.694. The molecule has 0 aliphatic rings. The fraction of sp³-hybridized carbons (Fsp3) is 0.400. The molecule has 0 amide bonds. The number of pyridine rings is 1. The van der Waals surface area contributed by atoms with Gasteiger partial charge in [0.2, 0.25) is 0 Å². The molecule has 0 aliphatic carbocycles. The van der Waals surface area contributed by atoms with Crippen LogP contribution in [0.25, 0.3) is 5.65 Å². The lowest BCUT2D eigenvalue weighted by molar-refractivity contribution is 0.817. The number of aryl methyl sites for hydroxylation is 2. The van der Waals surface area contributed by atoms with E-state index in [9.17, 15) is 0 Å². The first-order chi connectivity index (χ1) is 6.70. The van der Waals surface area contributed by atoms with Crippen molar-refractivity contribution in [2.45, 2.75) is 26.7 Å². The molecule has 0 spiro atoms. The second kappa shape index (κ2) is 3.29. The maximum atomic E-state index is 5.84. The third kappa shape index (κ3) is 1.43. The summed E-state index contributed by atoms with van der Waals surface area (Å²) in [5, 5.41) is 4.35. The van der Waals surface area contributed by atoms with E-state index in [0.717, 1.165) is 29.9 Å². The fourth-order valence-electron chi connectivity index (χ4n) is 1.52. The molecule has 14 heavy (non-hydrogen) atoms. The quantitative estimate of drug-likeness (QED) is 0.782. The van der Waals surface area contributed by atoms with Gasteiger partial charge in [-0.15, -0.1) is 0 Å². The van der Waals surface area contributed by atoms with Crippen molar-refractivity contribution in [3.63, 3.8) is 0 Å². The van der Waals surface area contributed by atoms with Crippen molar-refractivity contribution in [3.05, 3.63) is 23.7 Å². The van der Waals surface area contributed by atoms with Crippen LogP contribution in [0, 0.1) is 6.92 Å². The van der Waals surface area contributed by atoms with Crippen molar-refractivity contribution in [1.29, 1.82) is 0 Å². The van der Waals surface area contributed by atoms with Gasteiger partial charge in [0.15, 0.2) is 11.5 Å². The summed E-state index contributed by atoms with van der Waals surface area (Å²) in [6.45, 7) is 4.11. The highest BCUT2D eigenvalue weighted by Gasteiger charge is 2.05.